The second-order valence-electron chi connectivity index (χ2n) is 9.70. The van der Waals surface area contributed by atoms with Crippen LogP contribution < -0.4 is 14.3 Å². The SMILES string of the molecule is Br.CCOc1ccc(/N=c2\scc(C3(c4ccc5ccccc5c4)CCC3)n2-c2ccc(OCC)cc2)cc1. The number of rotatable bonds is 8. The molecule has 6 heteroatoms. The normalized spacial score (nSPS) is 14.5. The van der Waals surface area contributed by atoms with E-state index in [9.17, 15) is 0 Å². The minimum absolute atomic E-state index is 0. The standard InChI is InChI=1S/C33H32N2O2S.BrH/c1-3-36-29-16-12-27(13-17-29)34-32-35(28-14-18-30(19-15-28)37-4-2)31(23-38-32)33(20-7-21-33)26-11-10-24-8-5-6-9-25(24)22-26;/h5-6,8-19,22-23H,3-4,7,20-21H2,1-2H3;1H/b34-32-;. The molecule has 1 aliphatic rings. The highest BCUT2D eigenvalue weighted by Gasteiger charge is 2.43. The van der Waals surface area contributed by atoms with Gasteiger partial charge >= 0.3 is 0 Å². The molecule has 0 aliphatic heterocycles. The number of benzene rings is 4. The van der Waals surface area contributed by atoms with E-state index >= 15 is 0 Å². The van der Waals surface area contributed by atoms with E-state index in [0.717, 1.165) is 40.5 Å². The summed E-state index contributed by atoms with van der Waals surface area (Å²) in [5.41, 5.74) is 4.66. The lowest BCUT2D eigenvalue weighted by molar-refractivity contribution is 0.290. The molecule has 1 aliphatic carbocycles. The molecule has 6 rings (SSSR count). The molecule has 0 amide bonds. The van der Waals surface area contributed by atoms with Gasteiger partial charge in [-0.15, -0.1) is 28.3 Å². The van der Waals surface area contributed by atoms with Crippen LogP contribution in [-0.4, -0.2) is 17.8 Å². The lowest BCUT2D eigenvalue weighted by Crippen LogP contribution is -2.38. The Morgan fingerprint density at radius 2 is 1.44 bits per heavy atom. The molecule has 0 atom stereocenters. The van der Waals surface area contributed by atoms with Crippen molar-refractivity contribution in [1.29, 1.82) is 0 Å². The van der Waals surface area contributed by atoms with Crippen LogP contribution in [0.5, 0.6) is 11.5 Å². The molecular weight excluding hydrogens is 568 g/mol. The molecule has 0 spiro atoms. The van der Waals surface area contributed by atoms with Crippen LogP contribution >= 0.6 is 28.3 Å². The number of ether oxygens (including phenoxy) is 2. The van der Waals surface area contributed by atoms with Crippen LogP contribution in [0.4, 0.5) is 5.69 Å². The molecule has 1 aromatic heterocycles. The van der Waals surface area contributed by atoms with Gasteiger partial charge in [-0.1, -0.05) is 48.9 Å². The van der Waals surface area contributed by atoms with Gasteiger partial charge in [0, 0.05) is 22.2 Å². The molecule has 0 saturated heterocycles. The van der Waals surface area contributed by atoms with Crippen molar-refractivity contribution in [3.05, 3.63) is 112 Å². The summed E-state index contributed by atoms with van der Waals surface area (Å²) in [6.07, 6.45) is 3.47. The highest BCUT2D eigenvalue weighted by Crippen LogP contribution is 2.50. The smallest absolute Gasteiger partial charge is 0.194 e. The van der Waals surface area contributed by atoms with Gasteiger partial charge in [0.25, 0.3) is 0 Å². The number of hydrogen-bond acceptors (Lipinski definition) is 4. The summed E-state index contributed by atoms with van der Waals surface area (Å²) in [6, 6.07) is 32.0. The molecule has 1 fully saturated rings. The van der Waals surface area contributed by atoms with Crippen LogP contribution in [0.25, 0.3) is 16.5 Å². The molecule has 1 saturated carbocycles. The molecular formula is C33H33BrN2O2S. The number of fused-ring (bicyclic) bond motifs is 1. The van der Waals surface area contributed by atoms with Crippen molar-refractivity contribution < 1.29 is 9.47 Å². The molecule has 1 heterocycles. The highest BCUT2D eigenvalue weighted by atomic mass is 79.9. The molecule has 4 aromatic carbocycles. The quantitative estimate of drug-likeness (QED) is 0.178. The second kappa shape index (κ2) is 11.8. The average molecular weight is 602 g/mol. The fourth-order valence-electron chi connectivity index (χ4n) is 5.43. The van der Waals surface area contributed by atoms with Gasteiger partial charge in [-0.25, -0.2) is 4.99 Å². The van der Waals surface area contributed by atoms with E-state index in [1.807, 2.05) is 38.1 Å². The number of aromatic nitrogens is 1. The second-order valence-corrected chi connectivity index (χ2v) is 10.5. The Morgan fingerprint density at radius 3 is 2.05 bits per heavy atom. The number of halogens is 1. The third-order valence-corrected chi connectivity index (χ3v) is 8.31. The van der Waals surface area contributed by atoms with Gasteiger partial charge in [0.1, 0.15) is 11.5 Å². The third-order valence-electron chi connectivity index (χ3n) is 7.49. The van der Waals surface area contributed by atoms with Crippen molar-refractivity contribution in [1.82, 2.24) is 4.57 Å². The van der Waals surface area contributed by atoms with Crippen LogP contribution in [0.1, 0.15) is 44.4 Å². The maximum Gasteiger partial charge on any atom is 0.194 e. The zero-order valence-electron chi connectivity index (χ0n) is 22.3. The molecule has 4 nitrogen and oxygen atoms in total. The Kier molecular flexibility index (Phi) is 8.24. The first kappa shape index (κ1) is 27.2. The molecule has 0 radical (unpaired) electrons. The average Bonchev–Trinajstić information content (AvgIpc) is 3.33. The van der Waals surface area contributed by atoms with Gasteiger partial charge in [-0.05, 0) is 91.6 Å². The Morgan fingerprint density at radius 1 is 0.795 bits per heavy atom. The van der Waals surface area contributed by atoms with E-state index in [-0.39, 0.29) is 22.4 Å². The molecule has 5 aromatic rings. The van der Waals surface area contributed by atoms with Gasteiger partial charge < -0.3 is 9.47 Å². The zero-order valence-corrected chi connectivity index (χ0v) is 24.8. The maximum atomic E-state index is 5.73. The van der Waals surface area contributed by atoms with Crippen LogP contribution in [0, 0.1) is 0 Å². The highest BCUT2D eigenvalue weighted by molar-refractivity contribution is 8.93. The fourth-order valence-corrected chi connectivity index (χ4v) is 6.45. The lowest BCUT2D eigenvalue weighted by atomic mass is 9.62. The van der Waals surface area contributed by atoms with Crippen molar-refractivity contribution in [3.63, 3.8) is 0 Å². The van der Waals surface area contributed by atoms with Crippen molar-refractivity contribution in [3.8, 4) is 17.2 Å². The topological polar surface area (TPSA) is 35.8 Å². The Labute approximate surface area is 244 Å². The van der Waals surface area contributed by atoms with Gasteiger partial charge in [0.2, 0.25) is 0 Å². The van der Waals surface area contributed by atoms with Gasteiger partial charge in [-0.2, -0.15) is 0 Å². The molecule has 0 N–H and O–H groups in total. The van der Waals surface area contributed by atoms with Crippen molar-refractivity contribution in [2.24, 2.45) is 4.99 Å². The van der Waals surface area contributed by atoms with Crippen LogP contribution in [-0.2, 0) is 5.41 Å². The predicted molar refractivity (Wildman–Crippen MR) is 167 cm³/mol. The van der Waals surface area contributed by atoms with E-state index in [0.29, 0.717) is 13.2 Å². The van der Waals surface area contributed by atoms with Crippen LogP contribution in [0.15, 0.2) is 101 Å². The zero-order chi connectivity index (χ0) is 26.0. The number of hydrogen-bond donors (Lipinski definition) is 0. The van der Waals surface area contributed by atoms with Crippen molar-refractivity contribution >= 4 is 44.8 Å². The minimum Gasteiger partial charge on any atom is -0.494 e. The number of thiazole rings is 1. The summed E-state index contributed by atoms with van der Waals surface area (Å²) >= 11 is 1.70. The maximum absolute atomic E-state index is 5.73. The Balaban J connectivity index is 0.00000308. The van der Waals surface area contributed by atoms with E-state index < -0.39 is 0 Å². The first-order valence-corrected chi connectivity index (χ1v) is 14.3. The van der Waals surface area contributed by atoms with Gasteiger partial charge in [0.15, 0.2) is 4.80 Å². The van der Waals surface area contributed by atoms with E-state index in [1.165, 1.54) is 28.5 Å². The summed E-state index contributed by atoms with van der Waals surface area (Å²) in [5, 5.41) is 4.89. The van der Waals surface area contributed by atoms with Crippen molar-refractivity contribution in [2.45, 2.75) is 38.5 Å². The summed E-state index contributed by atoms with van der Waals surface area (Å²) in [6.45, 7) is 5.31. The van der Waals surface area contributed by atoms with Crippen LogP contribution in [0.2, 0.25) is 0 Å². The fraction of sp³-hybridized carbons (Fsp3) is 0.242. The predicted octanol–water partition coefficient (Wildman–Crippen LogP) is 8.77. The Bertz CT molecular complexity index is 1620. The van der Waals surface area contributed by atoms with E-state index in [1.54, 1.807) is 11.3 Å². The summed E-state index contributed by atoms with van der Waals surface area (Å²) < 4.78 is 13.7. The monoisotopic (exact) mass is 600 g/mol. The van der Waals surface area contributed by atoms with E-state index in [4.69, 9.17) is 14.5 Å². The van der Waals surface area contributed by atoms with Gasteiger partial charge in [-0.3, -0.25) is 4.57 Å². The summed E-state index contributed by atoms with van der Waals surface area (Å²) in [4.78, 5) is 6.07. The Hall–Kier alpha value is -3.35. The summed E-state index contributed by atoms with van der Waals surface area (Å²) in [5.74, 6) is 1.74. The van der Waals surface area contributed by atoms with E-state index in [2.05, 4.69) is 76.7 Å². The van der Waals surface area contributed by atoms with Crippen molar-refractivity contribution in [2.75, 3.05) is 13.2 Å². The first-order chi connectivity index (χ1) is 18.7. The third kappa shape index (κ3) is 5.28. The van der Waals surface area contributed by atoms with Gasteiger partial charge in [0.05, 0.1) is 18.9 Å². The van der Waals surface area contributed by atoms with Crippen LogP contribution in [0.3, 0.4) is 0 Å². The number of nitrogens with zero attached hydrogens (tertiary/aromatic N) is 2. The molecule has 0 bridgehead atoms. The molecule has 0 unspecified atom stereocenters. The minimum atomic E-state index is -0.0360. The molecule has 200 valence electrons. The first-order valence-electron chi connectivity index (χ1n) is 13.4. The lowest BCUT2D eigenvalue weighted by Gasteiger charge is -2.43. The molecule has 39 heavy (non-hydrogen) atoms. The largest absolute Gasteiger partial charge is 0.494 e. The summed E-state index contributed by atoms with van der Waals surface area (Å²) in [7, 11) is 0.